The fraction of sp³-hybridized carbons (Fsp3) is 0.857. The average molecular weight is 324 g/mol. The lowest BCUT2D eigenvalue weighted by molar-refractivity contribution is -0.125. The van der Waals surface area contributed by atoms with Gasteiger partial charge in [-0.25, -0.2) is 0 Å². The normalized spacial score (nSPS) is 10.7. The number of rotatable bonds is 17. The summed E-state index contributed by atoms with van der Waals surface area (Å²) in [6.07, 6.45) is 20.6. The second kappa shape index (κ2) is 17.6. The second-order valence-electron chi connectivity index (χ2n) is 6.72. The monoisotopic (exact) mass is 323 g/mol. The number of nitrogens with zero attached hydrogens (tertiary/aromatic N) is 1. The first kappa shape index (κ1) is 22.2. The quantitative estimate of drug-likeness (QED) is 0.221. The summed E-state index contributed by atoms with van der Waals surface area (Å²) in [4.78, 5) is 13.4. The minimum atomic E-state index is 0.0715. The maximum atomic E-state index is 11.5. The maximum absolute atomic E-state index is 11.5. The SMILES string of the molecule is C=CC(=O)N(CC)CCCCCCCCCCCCCCCC. The summed E-state index contributed by atoms with van der Waals surface area (Å²) in [5, 5.41) is 0. The predicted molar refractivity (Wildman–Crippen MR) is 103 cm³/mol. The molecule has 0 saturated heterocycles. The molecule has 136 valence electrons. The van der Waals surface area contributed by atoms with E-state index < -0.39 is 0 Å². The van der Waals surface area contributed by atoms with Crippen LogP contribution in [-0.2, 0) is 4.79 Å². The third-order valence-electron chi connectivity index (χ3n) is 4.65. The van der Waals surface area contributed by atoms with Crippen LogP contribution in [0.4, 0.5) is 0 Å². The van der Waals surface area contributed by atoms with Crippen LogP contribution in [-0.4, -0.2) is 23.9 Å². The first-order valence-corrected chi connectivity index (χ1v) is 10.2. The van der Waals surface area contributed by atoms with Gasteiger partial charge in [0.1, 0.15) is 0 Å². The number of unbranched alkanes of at least 4 members (excludes halogenated alkanes) is 13. The van der Waals surface area contributed by atoms with Crippen molar-refractivity contribution in [3.8, 4) is 0 Å². The molecule has 0 saturated carbocycles. The Balaban J connectivity index is 3.21. The van der Waals surface area contributed by atoms with Crippen LogP contribution in [0.15, 0.2) is 12.7 Å². The first-order chi connectivity index (χ1) is 11.3. The molecule has 23 heavy (non-hydrogen) atoms. The highest BCUT2D eigenvalue weighted by atomic mass is 16.2. The van der Waals surface area contributed by atoms with Crippen molar-refractivity contribution in [1.82, 2.24) is 4.90 Å². The molecule has 0 atom stereocenters. The Morgan fingerprint density at radius 1 is 0.739 bits per heavy atom. The first-order valence-electron chi connectivity index (χ1n) is 10.2. The molecule has 0 N–H and O–H groups in total. The zero-order valence-corrected chi connectivity index (χ0v) is 16.0. The number of hydrogen-bond acceptors (Lipinski definition) is 1. The minimum Gasteiger partial charge on any atom is -0.339 e. The number of carbonyl (C=O) groups is 1. The molecule has 0 bridgehead atoms. The average Bonchev–Trinajstić information content (AvgIpc) is 2.58. The van der Waals surface area contributed by atoms with E-state index in [-0.39, 0.29) is 5.91 Å². The fourth-order valence-electron chi connectivity index (χ4n) is 3.05. The molecule has 0 aliphatic carbocycles. The van der Waals surface area contributed by atoms with Crippen molar-refractivity contribution in [2.24, 2.45) is 0 Å². The molecule has 0 aromatic carbocycles. The van der Waals surface area contributed by atoms with Crippen molar-refractivity contribution in [2.45, 2.75) is 104 Å². The second-order valence-corrected chi connectivity index (χ2v) is 6.72. The van der Waals surface area contributed by atoms with Crippen LogP contribution in [0.2, 0.25) is 0 Å². The van der Waals surface area contributed by atoms with Crippen molar-refractivity contribution in [2.75, 3.05) is 13.1 Å². The number of amides is 1. The molecule has 0 aromatic heterocycles. The van der Waals surface area contributed by atoms with Crippen LogP contribution in [0.3, 0.4) is 0 Å². The van der Waals surface area contributed by atoms with Crippen molar-refractivity contribution in [1.29, 1.82) is 0 Å². The van der Waals surface area contributed by atoms with Gasteiger partial charge < -0.3 is 4.90 Å². The number of hydrogen-bond donors (Lipinski definition) is 0. The zero-order chi connectivity index (χ0) is 17.2. The molecule has 0 heterocycles. The highest BCUT2D eigenvalue weighted by molar-refractivity contribution is 5.86. The van der Waals surface area contributed by atoms with E-state index in [1.165, 1.54) is 89.5 Å². The Morgan fingerprint density at radius 2 is 1.13 bits per heavy atom. The van der Waals surface area contributed by atoms with Crippen LogP contribution in [0.5, 0.6) is 0 Å². The van der Waals surface area contributed by atoms with Gasteiger partial charge in [0.15, 0.2) is 0 Å². The Bertz CT molecular complexity index is 275. The molecule has 1 amide bonds. The molecule has 0 unspecified atom stereocenters. The van der Waals surface area contributed by atoms with Crippen molar-refractivity contribution < 1.29 is 4.79 Å². The molecule has 0 spiro atoms. The molecule has 0 aliphatic rings. The van der Waals surface area contributed by atoms with Crippen LogP contribution >= 0.6 is 0 Å². The van der Waals surface area contributed by atoms with Crippen molar-refractivity contribution in [3.63, 3.8) is 0 Å². The summed E-state index contributed by atoms with van der Waals surface area (Å²) < 4.78 is 0. The molecule has 0 rings (SSSR count). The molecular weight excluding hydrogens is 282 g/mol. The summed E-state index contributed by atoms with van der Waals surface area (Å²) in [5.41, 5.74) is 0. The van der Waals surface area contributed by atoms with Gasteiger partial charge in [0.2, 0.25) is 5.91 Å². The maximum Gasteiger partial charge on any atom is 0.245 e. The highest BCUT2D eigenvalue weighted by Crippen LogP contribution is 2.13. The lowest BCUT2D eigenvalue weighted by Gasteiger charge is -2.18. The molecule has 0 fully saturated rings. The zero-order valence-electron chi connectivity index (χ0n) is 16.0. The van der Waals surface area contributed by atoms with Crippen LogP contribution in [0.1, 0.15) is 104 Å². The Labute approximate surface area is 145 Å². The van der Waals surface area contributed by atoms with E-state index in [4.69, 9.17) is 0 Å². The van der Waals surface area contributed by atoms with Crippen molar-refractivity contribution in [3.05, 3.63) is 12.7 Å². The summed E-state index contributed by atoms with van der Waals surface area (Å²) in [7, 11) is 0. The van der Waals surface area contributed by atoms with E-state index in [0.717, 1.165) is 19.5 Å². The Hall–Kier alpha value is -0.790. The highest BCUT2D eigenvalue weighted by Gasteiger charge is 2.06. The van der Waals surface area contributed by atoms with E-state index in [0.29, 0.717) is 0 Å². The lowest BCUT2D eigenvalue weighted by atomic mass is 10.0. The molecule has 0 aliphatic heterocycles. The van der Waals surface area contributed by atoms with Gasteiger partial charge in [0.05, 0.1) is 0 Å². The topological polar surface area (TPSA) is 20.3 Å². The number of likely N-dealkylation sites (N-methyl/N-ethyl adjacent to an activating group) is 1. The lowest BCUT2D eigenvalue weighted by Crippen LogP contribution is -2.29. The molecule has 0 aromatic rings. The van der Waals surface area contributed by atoms with Crippen LogP contribution < -0.4 is 0 Å². The fourth-order valence-corrected chi connectivity index (χ4v) is 3.05. The largest absolute Gasteiger partial charge is 0.339 e. The standard InChI is InChI=1S/C21H41NO/c1-4-7-8-9-10-11-12-13-14-15-16-17-18-19-20-22(6-3)21(23)5-2/h5H,2,4,6-20H2,1,3H3. The van der Waals surface area contributed by atoms with Crippen LogP contribution in [0, 0.1) is 0 Å². The van der Waals surface area contributed by atoms with E-state index in [9.17, 15) is 4.79 Å². The number of carbonyl (C=O) groups excluding carboxylic acids is 1. The minimum absolute atomic E-state index is 0.0715. The molecule has 2 nitrogen and oxygen atoms in total. The summed E-state index contributed by atoms with van der Waals surface area (Å²) in [5.74, 6) is 0.0715. The smallest absolute Gasteiger partial charge is 0.245 e. The van der Waals surface area contributed by atoms with E-state index >= 15 is 0 Å². The van der Waals surface area contributed by atoms with Gasteiger partial charge >= 0.3 is 0 Å². The predicted octanol–water partition coefficient (Wildman–Crippen LogP) is 6.50. The summed E-state index contributed by atoms with van der Waals surface area (Å²) in [6.45, 7) is 9.55. The van der Waals surface area contributed by atoms with Crippen molar-refractivity contribution >= 4 is 5.91 Å². The third kappa shape index (κ3) is 14.5. The van der Waals surface area contributed by atoms with E-state index in [1.54, 1.807) is 0 Å². The molecule has 0 radical (unpaired) electrons. The third-order valence-corrected chi connectivity index (χ3v) is 4.65. The van der Waals surface area contributed by atoms with Crippen LogP contribution in [0.25, 0.3) is 0 Å². The van der Waals surface area contributed by atoms with Gasteiger partial charge in [-0.3, -0.25) is 4.79 Å². The van der Waals surface area contributed by atoms with Gasteiger partial charge in [0.25, 0.3) is 0 Å². The van der Waals surface area contributed by atoms with E-state index in [2.05, 4.69) is 13.5 Å². The summed E-state index contributed by atoms with van der Waals surface area (Å²) >= 11 is 0. The van der Waals surface area contributed by atoms with Gasteiger partial charge in [-0.2, -0.15) is 0 Å². The molecule has 2 heteroatoms. The Kier molecular flexibility index (Phi) is 17.0. The van der Waals surface area contributed by atoms with Gasteiger partial charge in [0, 0.05) is 13.1 Å². The van der Waals surface area contributed by atoms with Gasteiger partial charge in [-0.05, 0) is 19.4 Å². The Morgan fingerprint density at radius 3 is 1.48 bits per heavy atom. The van der Waals surface area contributed by atoms with Gasteiger partial charge in [-0.15, -0.1) is 0 Å². The van der Waals surface area contributed by atoms with E-state index in [1.807, 2.05) is 11.8 Å². The molecular formula is C21H41NO. The summed E-state index contributed by atoms with van der Waals surface area (Å²) in [6, 6.07) is 0. The van der Waals surface area contributed by atoms with Gasteiger partial charge in [-0.1, -0.05) is 97.0 Å².